The quantitative estimate of drug-likeness (QED) is 0.814. The molecule has 1 atom stereocenters. The third-order valence-corrected chi connectivity index (χ3v) is 5.57. The summed E-state index contributed by atoms with van der Waals surface area (Å²) in [5, 5.41) is 2.89. The van der Waals surface area contributed by atoms with Gasteiger partial charge in [-0.1, -0.05) is 12.1 Å². The van der Waals surface area contributed by atoms with E-state index >= 15 is 0 Å². The number of amides is 2. The van der Waals surface area contributed by atoms with Crippen LogP contribution in [-0.4, -0.2) is 49.6 Å². The van der Waals surface area contributed by atoms with Crippen molar-refractivity contribution in [3.05, 3.63) is 53.5 Å². The van der Waals surface area contributed by atoms with E-state index in [0.29, 0.717) is 31.0 Å². The number of carbonyl (C=O) groups excluding carboxylic acids is 2. The molecule has 1 aromatic heterocycles. The van der Waals surface area contributed by atoms with Crippen molar-refractivity contribution in [2.24, 2.45) is 5.92 Å². The fourth-order valence-electron chi connectivity index (χ4n) is 3.72. The number of hydrogen-bond donors (Lipinski definition) is 1. The van der Waals surface area contributed by atoms with Crippen molar-refractivity contribution < 1.29 is 18.7 Å². The van der Waals surface area contributed by atoms with Crippen LogP contribution in [0.5, 0.6) is 0 Å². The summed E-state index contributed by atoms with van der Waals surface area (Å²) in [6.45, 7) is 5.31. The third kappa shape index (κ3) is 4.43. The van der Waals surface area contributed by atoms with E-state index in [-0.39, 0.29) is 30.6 Å². The Bertz CT molecular complexity index is 928. The minimum atomic E-state index is -0.456. The second-order valence-electron chi connectivity index (χ2n) is 7.68. The summed E-state index contributed by atoms with van der Waals surface area (Å²) in [5.41, 5.74) is 1.90. The van der Waals surface area contributed by atoms with E-state index in [4.69, 9.17) is 4.74 Å². The molecule has 1 aromatic carbocycles. The van der Waals surface area contributed by atoms with Crippen LogP contribution >= 0.6 is 0 Å². The number of aryl methyl sites for hydroxylation is 1. The second kappa shape index (κ2) is 8.79. The number of rotatable bonds is 5. The van der Waals surface area contributed by atoms with Crippen molar-refractivity contribution in [1.82, 2.24) is 10.3 Å². The van der Waals surface area contributed by atoms with Gasteiger partial charge in [-0.3, -0.25) is 9.59 Å². The molecule has 0 unspecified atom stereocenters. The molecule has 8 heteroatoms. The SMILES string of the molecule is Cc1ccc(N2C[C@@H](C(=O)NCc3ccc(N4CCOCC4)nc3)CC2=O)cc1F. The van der Waals surface area contributed by atoms with E-state index in [1.165, 1.54) is 11.0 Å². The molecular weight excluding hydrogens is 387 g/mol. The first-order valence-electron chi connectivity index (χ1n) is 10.1. The molecule has 2 amide bonds. The Kier molecular flexibility index (Phi) is 5.94. The number of carbonyl (C=O) groups is 2. The van der Waals surface area contributed by atoms with Crippen molar-refractivity contribution in [3.8, 4) is 0 Å². The Morgan fingerprint density at radius 3 is 2.77 bits per heavy atom. The number of morpholine rings is 1. The molecule has 1 N–H and O–H groups in total. The number of ether oxygens (including phenoxy) is 1. The predicted octanol–water partition coefficient (Wildman–Crippen LogP) is 2.04. The maximum atomic E-state index is 13.8. The van der Waals surface area contributed by atoms with E-state index in [2.05, 4.69) is 15.2 Å². The number of aromatic nitrogens is 1. The number of pyridine rings is 1. The first-order chi connectivity index (χ1) is 14.5. The number of anilines is 2. The lowest BCUT2D eigenvalue weighted by molar-refractivity contribution is -0.126. The van der Waals surface area contributed by atoms with Gasteiger partial charge in [-0.25, -0.2) is 9.37 Å². The van der Waals surface area contributed by atoms with Gasteiger partial charge < -0.3 is 19.9 Å². The van der Waals surface area contributed by atoms with Gasteiger partial charge >= 0.3 is 0 Å². The number of nitrogens with zero attached hydrogens (tertiary/aromatic N) is 3. The molecule has 2 saturated heterocycles. The van der Waals surface area contributed by atoms with Gasteiger partial charge in [-0.2, -0.15) is 0 Å². The van der Waals surface area contributed by atoms with Crippen molar-refractivity contribution >= 4 is 23.3 Å². The van der Waals surface area contributed by atoms with Crippen LogP contribution in [0.3, 0.4) is 0 Å². The lowest BCUT2D eigenvalue weighted by atomic mass is 10.1. The molecule has 0 aliphatic carbocycles. The number of hydrogen-bond acceptors (Lipinski definition) is 5. The molecule has 2 aromatic rings. The fourth-order valence-corrected chi connectivity index (χ4v) is 3.72. The third-order valence-electron chi connectivity index (χ3n) is 5.57. The summed E-state index contributed by atoms with van der Waals surface area (Å²) in [6.07, 6.45) is 1.88. The van der Waals surface area contributed by atoms with E-state index in [9.17, 15) is 14.0 Å². The van der Waals surface area contributed by atoms with Gasteiger partial charge in [-0.05, 0) is 36.2 Å². The Balaban J connectivity index is 1.32. The molecule has 2 fully saturated rings. The Labute approximate surface area is 174 Å². The molecule has 3 heterocycles. The Morgan fingerprint density at radius 2 is 2.07 bits per heavy atom. The van der Waals surface area contributed by atoms with E-state index < -0.39 is 5.92 Å². The molecule has 0 bridgehead atoms. The lowest BCUT2D eigenvalue weighted by Crippen LogP contribution is -2.36. The molecule has 7 nitrogen and oxygen atoms in total. The van der Waals surface area contributed by atoms with Gasteiger partial charge in [0.15, 0.2) is 0 Å². The van der Waals surface area contributed by atoms with Crippen LogP contribution in [0.4, 0.5) is 15.9 Å². The Morgan fingerprint density at radius 1 is 1.27 bits per heavy atom. The molecule has 158 valence electrons. The van der Waals surface area contributed by atoms with Crippen LogP contribution in [0.1, 0.15) is 17.5 Å². The van der Waals surface area contributed by atoms with E-state index in [0.717, 1.165) is 24.5 Å². The zero-order chi connectivity index (χ0) is 21.1. The van der Waals surface area contributed by atoms with Gasteiger partial charge in [0.25, 0.3) is 0 Å². The van der Waals surface area contributed by atoms with Crippen LogP contribution < -0.4 is 15.1 Å². The summed E-state index contributed by atoms with van der Waals surface area (Å²) >= 11 is 0. The largest absolute Gasteiger partial charge is 0.378 e. The van der Waals surface area contributed by atoms with Crippen molar-refractivity contribution in [2.45, 2.75) is 19.9 Å². The van der Waals surface area contributed by atoms with Crippen LogP contribution in [0.25, 0.3) is 0 Å². The average molecular weight is 412 g/mol. The minimum absolute atomic E-state index is 0.121. The van der Waals surface area contributed by atoms with Gasteiger partial charge in [-0.15, -0.1) is 0 Å². The highest BCUT2D eigenvalue weighted by Crippen LogP contribution is 2.26. The van der Waals surface area contributed by atoms with Crippen molar-refractivity contribution in [2.75, 3.05) is 42.6 Å². The van der Waals surface area contributed by atoms with Crippen LogP contribution in [-0.2, 0) is 20.9 Å². The molecule has 0 saturated carbocycles. The van der Waals surface area contributed by atoms with Gasteiger partial charge in [0.2, 0.25) is 11.8 Å². The first-order valence-corrected chi connectivity index (χ1v) is 10.1. The topological polar surface area (TPSA) is 74.8 Å². The molecule has 30 heavy (non-hydrogen) atoms. The van der Waals surface area contributed by atoms with Crippen LogP contribution in [0.15, 0.2) is 36.5 Å². The first kappa shape index (κ1) is 20.3. The van der Waals surface area contributed by atoms with Crippen molar-refractivity contribution in [1.29, 1.82) is 0 Å². The van der Waals surface area contributed by atoms with Crippen LogP contribution in [0, 0.1) is 18.7 Å². The average Bonchev–Trinajstić information content (AvgIpc) is 3.17. The zero-order valence-electron chi connectivity index (χ0n) is 16.9. The highest BCUT2D eigenvalue weighted by atomic mass is 19.1. The summed E-state index contributed by atoms with van der Waals surface area (Å²) in [4.78, 5) is 33.0. The number of benzene rings is 1. The molecular formula is C22H25FN4O3. The lowest BCUT2D eigenvalue weighted by Gasteiger charge is -2.27. The molecule has 4 rings (SSSR count). The smallest absolute Gasteiger partial charge is 0.227 e. The predicted molar refractivity (Wildman–Crippen MR) is 111 cm³/mol. The summed E-state index contributed by atoms with van der Waals surface area (Å²) in [7, 11) is 0. The van der Waals surface area contributed by atoms with Crippen LogP contribution in [0.2, 0.25) is 0 Å². The fraction of sp³-hybridized carbons (Fsp3) is 0.409. The van der Waals surface area contributed by atoms with Gasteiger partial charge in [0.1, 0.15) is 11.6 Å². The standard InChI is InChI=1S/C22H25FN4O3/c1-15-2-4-18(11-19(15)23)27-14-17(10-21(27)28)22(29)25-13-16-3-5-20(24-12-16)26-6-8-30-9-7-26/h2-5,11-12,17H,6-10,13-14H2,1H3,(H,25,29)/t17-/m0/s1. The molecule has 0 spiro atoms. The monoisotopic (exact) mass is 412 g/mol. The highest BCUT2D eigenvalue weighted by molar-refractivity contribution is 6.00. The van der Waals surface area contributed by atoms with E-state index in [1.54, 1.807) is 25.3 Å². The normalized spacial score (nSPS) is 19.3. The molecule has 2 aliphatic heterocycles. The maximum Gasteiger partial charge on any atom is 0.227 e. The number of halogens is 1. The molecule has 2 aliphatic rings. The summed E-state index contributed by atoms with van der Waals surface area (Å²) < 4.78 is 19.2. The van der Waals surface area contributed by atoms with Gasteiger partial charge in [0.05, 0.1) is 19.1 Å². The molecule has 0 radical (unpaired) electrons. The highest BCUT2D eigenvalue weighted by Gasteiger charge is 2.35. The second-order valence-corrected chi connectivity index (χ2v) is 7.68. The minimum Gasteiger partial charge on any atom is -0.378 e. The zero-order valence-corrected chi connectivity index (χ0v) is 16.9. The van der Waals surface area contributed by atoms with E-state index in [1.807, 2.05) is 12.1 Å². The van der Waals surface area contributed by atoms with Crippen molar-refractivity contribution in [3.63, 3.8) is 0 Å². The maximum absolute atomic E-state index is 13.8. The summed E-state index contributed by atoms with van der Waals surface area (Å²) in [6, 6.07) is 8.57. The summed E-state index contributed by atoms with van der Waals surface area (Å²) in [5.74, 6) is -0.273. The van der Waals surface area contributed by atoms with Gasteiger partial charge in [0, 0.05) is 44.5 Å². The number of nitrogens with one attached hydrogen (secondary N) is 1. The Hall–Kier alpha value is -3.00.